The van der Waals surface area contributed by atoms with Gasteiger partial charge in [0.2, 0.25) is 0 Å². The Labute approximate surface area is 106 Å². The van der Waals surface area contributed by atoms with Gasteiger partial charge in [-0.2, -0.15) is 0 Å². The molecular formula is C14H18BrN. The van der Waals surface area contributed by atoms with Gasteiger partial charge in [0.1, 0.15) is 0 Å². The van der Waals surface area contributed by atoms with Crippen molar-refractivity contribution in [3.05, 3.63) is 34.3 Å². The predicted octanol–water partition coefficient (Wildman–Crippen LogP) is 4.00. The van der Waals surface area contributed by atoms with Gasteiger partial charge in [-0.05, 0) is 42.9 Å². The molecule has 3 rings (SSSR count). The fraction of sp³-hybridized carbons (Fsp3) is 0.571. The number of rotatable bonds is 2. The normalized spacial score (nSPS) is 24.9. The summed E-state index contributed by atoms with van der Waals surface area (Å²) in [6.45, 7) is 4.98. The van der Waals surface area contributed by atoms with E-state index in [-0.39, 0.29) is 0 Å². The van der Waals surface area contributed by atoms with Gasteiger partial charge >= 0.3 is 0 Å². The number of nitrogens with zero attached hydrogens (tertiary/aromatic N) is 1. The molecule has 1 unspecified atom stereocenters. The molecule has 16 heavy (non-hydrogen) atoms. The summed E-state index contributed by atoms with van der Waals surface area (Å²) in [5, 5.41) is 0. The minimum absolute atomic E-state index is 0.583. The molecule has 1 aliphatic carbocycles. The summed E-state index contributed by atoms with van der Waals surface area (Å²) in [4.78, 5) is 2.61. The van der Waals surface area contributed by atoms with E-state index in [0.717, 1.165) is 5.41 Å². The average molecular weight is 280 g/mol. The Hall–Kier alpha value is -0.340. The molecule has 1 saturated carbocycles. The van der Waals surface area contributed by atoms with Gasteiger partial charge in [-0.1, -0.05) is 34.5 Å². The van der Waals surface area contributed by atoms with Crippen LogP contribution < -0.4 is 0 Å². The van der Waals surface area contributed by atoms with Crippen LogP contribution >= 0.6 is 15.9 Å². The van der Waals surface area contributed by atoms with Gasteiger partial charge in [-0.15, -0.1) is 0 Å². The summed E-state index contributed by atoms with van der Waals surface area (Å²) in [6.07, 6.45) is 4.40. The van der Waals surface area contributed by atoms with E-state index in [4.69, 9.17) is 0 Å². The first-order valence-corrected chi connectivity index (χ1v) is 6.97. The third-order valence-corrected chi connectivity index (χ3v) is 4.92. The molecule has 0 aromatic heterocycles. The maximum absolute atomic E-state index is 3.49. The molecule has 1 aromatic carbocycles. The van der Waals surface area contributed by atoms with Gasteiger partial charge in [0.15, 0.2) is 0 Å². The van der Waals surface area contributed by atoms with Crippen LogP contribution in [-0.4, -0.2) is 18.0 Å². The number of hydrogen-bond acceptors (Lipinski definition) is 1. The molecule has 1 aromatic rings. The van der Waals surface area contributed by atoms with Crippen LogP contribution in [0.15, 0.2) is 28.7 Å². The molecule has 0 amide bonds. The molecule has 86 valence electrons. The highest BCUT2D eigenvalue weighted by Gasteiger charge is 2.48. The Morgan fingerprint density at radius 3 is 2.31 bits per heavy atom. The van der Waals surface area contributed by atoms with E-state index in [1.54, 1.807) is 0 Å². The molecule has 2 aliphatic rings. The molecule has 1 atom stereocenters. The van der Waals surface area contributed by atoms with Crippen molar-refractivity contribution in [1.29, 1.82) is 0 Å². The summed E-state index contributed by atoms with van der Waals surface area (Å²) in [7, 11) is 0. The highest BCUT2D eigenvalue weighted by molar-refractivity contribution is 9.10. The number of likely N-dealkylation sites (tertiary alicyclic amines) is 1. The SMILES string of the molecule is CC(c1ccc(Br)cc1)N1CC2(CCC2)C1. The second-order valence-corrected chi connectivity index (χ2v) is 6.40. The van der Waals surface area contributed by atoms with Gasteiger partial charge in [-0.25, -0.2) is 0 Å². The Morgan fingerprint density at radius 2 is 1.81 bits per heavy atom. The summed E-state index contributed by atoms with van der Waals surface area (Å²) < 4.78 is 1.17. The minimum atomic E-state index is 0.583. The van der Waals surface area contributed by atoms with E-state index >= 15 is 0 Å². The molecule has 2 fully saturated rings. The van der Waals surface area contributed by atoms with E-state index in [2.05, 4.69) is 52.0 Å². The van der Waals surface area contributed by atoms with Crippen molar-refractivity contribution in [2.45, 2.75) is 32.2 Å². The maximum atomic E-state index is 3.49. The van der Waals surface area contributed by atoms with Crippen molar-refractivity contribution in [3.8, 4) is 0 Å². The lowest BCUT2D eigenvalue weighted by Crippen LogP contribution is -2.59. The number of halogens is 1. The zero-order chi connectivity index (χ0) is 11.2. The topological polar surface area (TPSA) is 3.24 Å². The predicted molar refractivity (Wildman–Crippen MR) is 70.4 cm³/mol. The third-order valence-electron chi connectivity index (χ3n) is 4.39. The second kappa shape index (κ2) is 3.85. The third kappa shape index (κ3) is 1.72. The van der Waals surface area contributed by atoms with Crippen LogP contribution in [0.2, 0.25) is 0 Å². The second-order valence-electron chi connectivity index (χ2n) is 5.49. The first-order valence-electron chi connectivity index (χ1n) is 6.18. The van der Waals surface area contributed by atoms with E-state index in [1.807, 2.05) is 0 Å². The standard InChI is InChI=1S/C14H18BrN/c1-11(12-3-5-13(15)6-4-12)16-9-14(10-16)7-2-8-14/h3-6,11H,2,7-10H2,1H3. The van der Waals surface area contributed by atoms with Crippen LogP contribution in [0.1, 0.15) is 37.8 Å². The van der Waals surface area contributed by atoms with Crippen LogP contribution in [0.3, 0.4) is 0 Å². The van der Waals surface area contributed by atoms with Crippen LogP contribution in [0.5, 0.6) is 0 Å². The van der Waals surface area contributed by atoms with Crippen LogP contribution in [0.25, 0.3) is 0 Å². The van der Waals surface area contributed by atoms with Crippen LogP contribution in [0, 0.1) is 5.41 Å². The monoisotopic (exact) mass is 279 g/mol. The van der Waals surface area contributed by atoms with E-state index in [9.17, 15) is 0 Å². The van der Waals surface area contributed by atoms with Gasteiger partial charge in [0.25, 0.3) is 0 Å². The van der Waals surface area contributed by atoms with Gasteiger partial charge in [0, 0.05) is 23.6 Å². The van der Waals surface area contributed by atoms with E-state index in [0.29, 0.717) is 6.04 Å². The molecule has 1 heterocycles. The number of benzene rings is 1. The van der Waals surface area contributed by atoms with Gasteiger partial charge in [0.05, 0.1) is 0 Å². The fourth-order valence-electron chi connectivity index (χ4n) is 3.03. The molecule has 1 spiro atoms. The zero-order valence-electron chi connectivity index (χ0n) is 9.75. The molecule has 0 radical (unpaired) electrons. The molecule has 0 N–H and O–H groups in total. The van der Waals surface area contributed by atoms with Crippen molar-refractivity contribution in [1.82, 2.24) is 4.90 Å². The quantitative estimate of drug-likeness (QED) is 0.791. The fourth-order valence-corrected chi connectivity index (χ4v) is 3.30. The summed E-state index contributed by atoms with van der Waals surface area (Å²) in [6, 6.07) is 9.34. The Kier molecular flexibility index (Phi) is 2.60. The summed E-state index contributed by atoms with van der Waals surface area (Å²) >= 11 is 3.49. The summed E-state index contributed by atoms with van der Waals surface area (Å²) in [5.41, 5.74) is 2.18. The molecule has 1 nitrogen and oxygen atoms in total. The Balaban J connectivity index is 1.65. The van der Waals surface area contributed by atoms with Crippen molar-refractivity contribution in [2.24, 2.45) is 5.41 Å². The largest absolute Gasteiger partial charge is 0.295 e. The zero-order valence-corrected chi connectivity index (χ0v) is 11.3. The van der Waals surface area contributed by atoms with Crippen molar-refractivity contribution < 1.29 is 0 Å². The minimum Gasteiger partial charge on any atom is -0.295 e. The molecule has 1 aliphatic heterocycles. The van der Waals surface area contributed by atoms with Crippen molar-refractivity contribution in [2.75, 3.05) is 13.1 Å². The van der Waals surface area contributed by atoms with Gasteiger partial charge < -0.3 is 0 Å². The Bertz CT molecular complexity index is 372. The van der Waals surface area contributed by atoms with E-state index in [1.165, 1.54) is 42.4 Å². The lowest BCUT2D eigenvalue weighted by molar-refractivity contribution is -0.0804. The molecule has 0 bridgehead atoms. The molecule has 2 heteroatoms. The van der Waals surface area contributed by atoms with Crippen molar-refractivity contribution in [3.63, 3.8) is 0 Å². The first kappa shape index (κ1) is 10.8. The van der Waals surface area contributed by atoms with Crippen LogP contribution in [-0.2, 0) is 0 Å². The average Bonchev–Trinajstić information content (AvgIpc) is 2.14. The first-order chi connectivity index (χ1) is 7.69. The lowest BCUT2D eigenvalue weighted by Gasteiger charge is -2.58. The molecular weight excluding hydrogens is 262 g/mol. The highest BCUT2D eigenvalue weighted by Crippen LogP contribution is 2.50. The Morgan fingerprint density at radius 1 is 1.19 bits per heavy atom. The van der Waals surface area contributed by atoms with E-state index < -0.39 is 0 Å². The van der Waals surface area contributed by atoms with Crippen molar-refractivity contribution >= 4 is 15.9 Å². The maximum Gasteiger partial charge on any atom is 0.0320 e. The smallest absolute Gasteiger partial charge is 0.0320 e. The summed E-state index contributed by atoms with van der Waals surface area (Å²) in [5.74, 6) is 0. The highest BCUT2D eigenvalue weighted by atomic mass is 79.9. The lowest BCUT2D eigenvalue weighted by atomic mass is 9.63. The van der Waals surface area contributed by atoms with Gasteiger partial charge in [-0.3, -0.25) is 4.90 Å². The molecule has 1 saturated heterocycles. The number of hydrogen-bond donors (Lipinski definition) is 0. The van der Waals surface area contributed by atoms with Crippen LogP contribution in [0.4, 0.5) is 0 Å².